The fourth-order valence-electron chi connectivity index (χ4n) is 2.08. The van der Waals surface area contributed by atoms with Crippen molar-refractivity contribution in [2.45, 2.75) is 13.0 Å². The highest BCUT2D eigenvalue weighted by Crippen LogP contribution is 2.22. The number of rotatable bonds is 4. The van der Waals surface area contributed by atoms with Crippen molar-refractivity contribution in [2.75, 3.05) is 5.73 Å². The van der Waals surface area contributed by atoms with Crippen molar-refractivity contribution in [3.05, 3.63) is 52.3 Å². The van der Waals surface area contributed by atoms with Gasteiger partial charge in [-0.05, 0) is 23.8 Å². The second-order valence-electron chi connectivity index (χ2n) is 4.40. The predicted octanol–water partition coefficient (Wildman–Crippen LogP) is 1.67. The van der Waals surface area contributed by atoms with Gasteiger partial charge in [-0.3, -0.25) is 4.79 Å². The van der Waals surface area contributed by atoms with Gasteiger partial charge in [-0.15, -0.1) is 0 Å². The Balaban J connectivity index is 2.43. The zero-order chi connectivity index (χ0) is 14.7. The summed E-state index contributed by atoms with van der Waals surface area (Å²) in [4.78, 5) is 11.1. The average Bonchev–Trinajstić information content (AvgIpc) is 2.66. The number of hydrogen-bond acceptors (Lipinski definition) is 3. The smallest absolute Gasteiger partial charge is 0.237 e. The molecule has 0 aliphatic heterocycles. The Hall–Kier alpha value is -2.45. The number of nitrogens with two attached hydrogens (primary N) is 2. The first-order valence-corrected chi connectivity index (χ1v) is 6.29. The van der Waals surface area contributed by atoms with Crippen LogP contribution in [-0.4, -0.2) is 10.5 Å². The molecule has 0 radical (unpaired) electrons. The summed E-state index contributed by atoms with van der Waals surface area (Å²) < 4.78 is 1.54. The molecule has 4 N–H and O–H groups in total. The SMILES string of the molecule is N#Cc1cc(N)c(Cc2cccc(Cl)c2)n1CC(N)=O. The maximum Gasteiger partial charge on any atom is 0.237 e. The van der Waals surface area contributed by atoms with Crippen LogP contribution in [0.25, 0.3) is 0 Å². The Morgan fingerprint density at radius 3 is 2.75 bits per heavy atom. The third-order valence-electron chi connectivity index (χ3n) is 2.93. The van der Waals surface area contributed by atoms with Crippen LogP contribution >= 0.6 is 11.6 Å². The second-order valence-corrected chi connectivity index (χ2v) is 4.84. The van der Waals surface area contributed by atoms with E-state index in [1.54, 1.807) is 16.7 Å². The number of aromatic nitrogens is 1. The molecule has 1 aromatic carbocycles. The molecule has 0 bridgehead atoms. The normalized spacial score (nSPS) is 10.2. The number of benzene rings is 1. The van der Waals surface area contributed by atoms with E-state index in [-0.39, 0.29) is 6.54 Å². The first-order chi connectivity index (χ1) is 9.51. The highest BCUT2D eigenvalue weighted by Gasteiger charge is 2.15. The molecule has 0 atom stereocenters. The molecule has 20 heavy (non-hydrogen) atoms. The summed E-state index contributed by atoms with van der Waals surface area (Å²) in [5.74, 6) is -0.524. The van der Waals surface area contributed by atoms with E-state index in [4.69, 9.17) is 28.3 Å². The van der Waals surface area contributed by atoms with Gasteiger partial charge in [0.05, 0.1) is 5.69 Å². The minimum atomic E-state index is -0.524. The lowest BCUT2D eigenvalue weighted by atomic mass is 10.1. The Labute approximate surface area is 121 Å². The third-order valence-corrected chi connectivity index (χ3v) is 3.17. The summed E-state index contributed by atoms with van der Waals surface area (Å²) in [6.07, 6.45) is 0.474. The van der Waals surface area contributed by atoms with Crippen molar-refractivity contribution in [2.24, 2.45) is 5.73 Å². The molecule has 0 saturated carbocycles. The fourth-order valence-corrected chi connectivity index (χ4v) is 2.29. The molecular weight excluding hydrogens is 276 g/mol. The molecule has 0 unspecified atom stereocenters. The molecule has 1 heterocycles. The minimum absolute atomic E-state index is 0.0734. The van der Waals surface area contributed by atoms with Crippen molar-refractivity contribution in [3.63, 3.8) is 0 Å². The van der Waals surface area contributed by atoms with Crippen LogP contribution in [0.4, 0.5) is 5.69 Å². The largest absolute Gasteiger partial charge is 0.397 e. The number of nitrogen functional groups attached to an aromatic ring is 1. The Morgan fingerprint density at radius 1 is 1.40 bits per heavy atom. The zero-order valence-corrected chi connectivity index (χ0v) is 11.4. The van der Waals surface area contributed by atoms with Crippen LogP contribution in [0.5, 0.6) is 0 Å². The van der Waals surface area contributed by atoms with E-state index in [0.717, 1.165) is 5.56 Å². The van der Waals surface area contributed by atoms with Gasteiger partial charge in [0.1, 0.15) is 18.3 Å². The topological polar surface area (TPSA) is 97.8 Å². The molecule has 1 amide bonds. The van der Waals surface area contributed by atoms with Gasteiger partial charge in [-0.2, -0.15) is 5.26 Å². The summed E-state index contributed by atoms with van der Waals surface area (Å²) in [6.45, 7) is -0.0734. The lowest BCUT2D eigenvalue weighted by molar-refractivity contribution is -0.118. The molecule has 102 valence electrons. The molecule has 5 nitrogen and oxygen atoms in total. The molecule has 0 aliphatic carbocycles. The van der Waals surface area contributed by atoms with Gasteiger partial charge in [0.2, 0.25) is 5.91 Å². The van der Waals surface area contributed by atoms with Gasteiger partial charge in [-0.1, -0.05) is 23.7 Å². The van der Waals surface area contributed by atoms with Crippen LogP contribution in [0.2, 0.25) is 5.02 Å². The number of nitriles is 1. The second kappa shape index (κ2) is 5.68. The van der Waals surface area contributed by atoms with Crippen LogP contribution in [-0.2, 0) is 17.8 Å². The molecule has 0 spiro atoms. The molecule has 2 rings (SSSR count). The molecule has 0 aliphatic rings. The minimum Gasteiger partial charge on any atom is -0.397 e. The highest BCUT2D eigenvalue weighted by atomic mass is 35.5. The van der Waals surface area contributed by atoms with Gasteiger partial charge >= 0.3 is 0 Å². The third kappa shape index (κ3) is 2.92. The monoisotopic (exact) mass is 288 g/mol. The van der Waals surface area contributed by atoms with Crippen molar-refractivity contribution >= 4 is 23.2 Å². The van der Waals surface area contributed by atoms with Crippen molar-refractivity contribution in [3.8, 4) is 6.07 Å². The summed E-state index contributed by atoms with van der Waals surface area (Å²) in [7, 11) is 0. The van der Waals surface area contributed by atoms with E-state index >= 15 is 0 Å². The first-order valence-electron chi connectivity index (χ1n) is 5.92. The van der Waals surface area contributed by atoms with Crippen molar-refractivity contribution in [1.29, 1.82) is 5.26 Å². The lowest BCUT2D eigenvalue weighted by Crippen LogP contribution is -2.21. The maximum absolute atomic E-state index is 11.1. The van der Waals surface area contributed by atoms with E-state index in [1.807, 2.05) is 24.3 Å². The van der Waals surface area contributed by atoms with Crippen LogP contribution in [0.3, 0.4) is 0 Å². The van der Waals surface area contributed by atoms with Gasteiger partial charge < -0.3 is 16.0 Å². The van der Waals surface area contributed by atoms with Crippen molar-refractivity contribution < 1.29 is 4.79 Å². The summed E-state index contributed by atoms with van der Waals surface area (Å²) in [5.41, 5.74) is 13.5. The van der Waals surface area contributed by atoms with E-state index in [1.165, 1.54) is 0 Å². The molecule has 0 saturated heterocycles. The standard InChI is InChI=1S/C14H13ClN4O/c15-10-3-1-2-9(4-10)5-13-12(17)6-11(7-16)19(13)8-14(18)20/h1-4,6H,5,8,17H2,(H2,18,20). The number of carbonyl (C=O) groups is 1. The van der Waals surface area contributed by atoms with Crippen LogP contribution in [0.1, 0.15) is 17.0 Å². The number of carbonyl (C=O) groups excluding carboxylic acids is 1. The summed E-state index contributed by atoms with van der Waals surface area (Å²) in [6, 6.07) is 10.9. The lowest BCUT2D eigenvalue weighted by Gasteiger charge is -2.10. The average molecular weight is 289 g/mol. The number of nitrogens with zero attached hydrogens (tertiary/aromatic N) is 2. The van der Waals surface area contributed by atoms with E-state index in [2.05, 4.69) is 0 Å². The molecular formula is C14H13ClN4O. The van der Waals surface area contributed by atoms with E-state index in [0.29, 0.717) is 28.5 Å². The van der Waals surface area contributed by atoms with Crippen LogP contribution in [0.15, 0.2) is 30.3 Å². The fraction of sp³-hybridized carbons (Fsp3) is 0.143. The number of amides is 1. The van der Waals surface area contributed by atoms with E-state index in [9.17, 15) is 4.79 Å². The van der Waals surface area contributed by atoms with Crippen molar-refractivity contribution in [1.82, 2.24) is 4.57 Å². The van der Waals surface area contributed by atoms with Crippen LogP contribution in [0, 0.1) is 11.3 Å². The number of anilines is 1. The highest BCUT2D eigenvalue weighted by molar-refractivity contribution is 6.30. The zero-order valence-electron chi connectivity index (χ0n) is 10.6. The maximum atomic E-state index is 11.1. The molecule has 6 heteroatoms. The van der Waals surface area contributed by atoms with Gasteiger partial charge in [-0.25, -0.2) is 0 Å². The van der Waals surface area contributed by atoms with Crippen LogP contribution < -0.4 is 11.5 Å². The van der Waals surface area contributed by atoms with E-state index < -0.39 is 5.91 Å². The molecule has 1 aromatic heterocycles. The quantitative estimate of drug-likeness (QED) is 0.895. The summed E-state index contributed by atoms with van der Waals surface area (Å²) in [5, 5.41) is 9.70. The Bertz CT molecular complexity index is 700. The van der Waals surface area contributed by atoms with Gasteiger partial charge in [0.25, 0.3) is 0 Å². The molecule has 0 fully saturated rings. The number of hydrogen-bond donors (Lipinski definition) is 2. The Kier molecular flexibility index (Phi) is 3.97. The number of halogens is 1. The Morgan fingerprint density at radius 2 is 2.15 bits per heavy atom. The van der Waals surface area contributed by atoms with Gasteiger partial charge in [0, 0.05) is 17.1 Å². The summed E-state index contributed by atoms with van der Waals surface area (Å²) >= 11 is 5.94. The first kappa shape index (κ1) is 14.0. The number of primary amides is 1. The predicted molar refractivity (Wildman–Crippen MR) is 77.0 cm³/mol. The molecule has 2 aromatic rings. The van der Waals surface area contributed by atoms with Gasteiger partial charge in [0.15, 0.2) is 0 Å².